The zero-order valence-corrected chi connectivity index (χ0v) is 14.0. The molecule has 0 aromatic heterocycles. The second-order valence-electron chi connectivity index (χ2n) is 5.63. The first-order valence-electron chi connectivity index (χ1n) is 6.85. The predicted molar refractivity (Wildman–Crippen MR) is 84.6 cm³/mol. The van der Waals surface area contributed by atoms with Crippen LogP contribution in [0.25, 0.3) is 0 Å². The van der Waals surface area contributed by atoms with Crippen LogP contribution in [0.2, 0.25) is 5.02 Å². The first-order valence-corrected chi connectivity index (χ1v) is 8.03. The molecule has 0 radical (unpaired) electrons. The number of aliphatic carboxylic acids is 1. The van der Waals surface area contributed by atoms with Gasteiger partial charge >= 0.3 is 5.97 Å². The van der Waals surface area contributed by atoms with E-state index in [4.69, 9.17) is 11.6 Å². The van der Waals surface area contributed by atoms with Crippen LogP contribution >= 0.6 is 27.5 Å². The molecule has 1 aromatic carbocycles. The van der Waals surface area contributed by atoms with E-state index >= 15 is 0 Å². The Bertz CT molecular complexity index is 568. The van der Waals surface area contributed by atoms with Crippen LogP contribution < -0.4 is 5.32 Å². The highest BCUT2D eigenvalue weighted by atomic mass is 79.9. The van der Waals surface area contributed by atoms with Crippen molar-refractivity contribution < 1.29 is 14.7 Å². The first kappa shape index (κ1) is 16.3. The highest BCUT2D eigenvalue weighted by Crippen LogP contribution is 2.33. The summed E-state index contributed by atoms with van der Waals surface area (Å²) >= 11 is 9.36. The fourth-order valence-electron chi connectivity index (χ4n) is 2.61. The lowest BCUT2D eigenvalue weighted by molar-refractivity contribution is -0.146. The lowest BCUT2D eigenvalue weighted by atomic mass is 9.77. The first-order chi connectivity index (χ1) is 9.85. The summed E-state index contributed by atoms with van der Waals surface area (Å²) in [5.74, 6) is -0.934. The van der Waals surface area contributed by atoms with Gasteiger partial charge in [0, 0.05) is 4.47 Å². The van der Waals surface area contributed by atoms with Gasteiger partial charge < -0.3 is 10.4 Å². The average Bonchev–Trinajstić information content (AvgIpc) is 2.44. The third-order valence-electron chi connectivity index (χ3n) is 4.09. The molecule has 2 rings (SSSR count). The van der Waals surface area contributed by atoms with Gasteiger partial charge in [0.1, 0.15) is 5.54 Å². The molecule has 0 atom stereocenters. The lowest BCUT2D eigenvalue weighted by Crippen LogP contribution is -2.56. The van der Waals surface area contributed by atoms with Crippen LogP contribution in [0.15, 0.2) is 22.7 Å². The summed E-state index contributed by atoms with van der Waals surface area (Å²) in [4.78, 5) is 24.0. The van der Waals surface area contributed by atoms with Crippen LogP contribution in [0.5, 0.6) is 0 Å². The fraction of sp³-hybridized carbons (Fsp3) is 0.467. The standard InChI is InChI=1S/C15H17BrClNO3/c1-9-5-7-15(8-6-9,14(20)21)18-13(19)10-3-2-4-11(16)12(10)17/h2-4,9H,5-8H2,1H3,(H,18,19)(H,20,21). The monoisotopic (exact) mass is 373 g/mol. The number of carbonyl (C=O) groups is 2. The molecule has 0 unspecified atom stereocenters. The van der Waals surface area contributed by atoms with Crippen molar-refractivity contribution in [1.82, 2.24) is 5.32 Å². The van der Waals surface area contributed by atoms with Crippen LogP contribution in [0, 0.1) is 5.92 Å². The molecule has 1 aliphatic rings. The number of nitrogens with one attached hydrogen (secondary N) is 1. The summed E-state index contributed by atoms with van der Waals surface area (Å²) in [6, 6.07) is 5.01. The zero-order valence-electron chi connectivity index (χ0n) is 11.7. The summed E-state index contributed by atoms with van der Waals surface area (Å²) in [6.45, 7) is 2.10. The van der Waals surface area contributed by atoms with Gasteiger partial charge in [0.25, 0.3) is 5.91 Å². The maximum Gasteiger partial charge on any atom is 0.329 e. The van der Waals surface area contributed by atoms with Crippen LogP contribution in [0.1, 0.15) is 43.0 Å². The van der Waals surface area contributed by atoms with Gasteiger partial charge in [0.15, 0.2) is 0 Å². The van der Waals surface area contributed by atoms with Crippen molar-refractivity contribution in [2.45, 2.75) is 38.1 Å². The molecule has 1 fully saturated rings. The number of rotatable bonds is 3. The fourth-order valence-corrected chi connectivity index (χ4v) is 3.19. The molecular formula is C15H17BrClNO3. The van der Waals surface area contributed by atoms with E-state index in [1.54, 1.807) is 18.2 Å². The molecule has 0 aliphatic heterocycles. The van der Waals surface area contributed by atoms with Crippen molar-refractivity contribution in [2.24, 2.45) is 5.92 Å². The Balaban J connectivity index is 2.23. The third-order valence-corrected chi connectivity index (χ3v) is 5.38. The number of hydrogen-bond donors (Lipinski definition) is 2. The lowest BCUT2D eigenvalue weighted by Gasteiger charge is -2.36. The minimum atomic E-state index is -1.19. The summed E-state index contributed by atoms with van der Waals surface area (Å²) in [7, 11) is 0. The van der Waals surface area contributed by atoms with Gasteiger partial charge in [-0.05, 0) is 59.7 Å². The van der Waals surface area contributed by atoms with Gasteiger partial charge in [-0.25, -0.2) is 4.79 Å². The SMILES string of the molecule is CC1CCC(NC(=O)c2cccc(Br)c2Cl)(C(=O)O)CC1. The average molecular weight is 375 g/mol. The summed E-state index contributed by atoms with van der Waals surface area (Å²) in [5, 5.41) is 12.5. The summed E-state index contributed by atoms with van der Waals surface area (Å²) < 4.78 is 0.610. The molecule has 0 spiro atoms. The highest BCUT2D eigenvalue weighted by Gasteiger charge is 2.42. The van der Waals surface area contributed by atoms with E-state index in [1.165, 1.54) is 0 Å². The normalized spacial score (nSPS) is 25.4. The molecule has 4 nitrogen and oxygen atoms in total. The van der Waals surface area contributed by atoms with E-state index < -0.39 is 17.4 Å². The molecule has 0 heterocycles. The van der Waals surface area contributed by atoms with Crippen molar-refractivity contribution >= 4 is 39.4 Å². The molecule has 6 heteroatoms. The number of carboxylic acid groups (broad SMARTS) is 1. The topological polar surface area (TPSA) is 66.4 Å². The summed E-state index contributed by atoms with van der Waals surface area (Å²) in [5.41, 5.74) is -0.903. The Morgan fingerprint density at radius 2 is 2.00 bits per heavy atom. The van der Waals surface area contributed by atoms with Gasteiger partial charge in [-0.15, -0.1) is 0 Å². The maximum absolute atomic E-state index is 12.4. The van der Waals surface area contributed by atoms with Crippen molar-refractivity contribution in [3.05, 3.63) is 33.3 Å². The second-order valence-corrected chi connectivity index (χ2v) is 6.86. The summed E-state index contributed by atoms with van der Waals surface area (Å²) in [6.07, 6.45) is 2.47. The van der Waals surface area contributed by atoms with Crippen LogP contribution in [-0.2, 0) is 4.79 Å². The molecule has 1 amide bonds. The Morgan fingerprint density at radius 3 is 2.57 bits per heavy atom. The van der Waals surface area contributed by atoms with Crippen molar-refractivity contribution in [1.29, 1.82) is 0 Å². The number of amides is 1. The van der Waals surface area contributed by atoms with Crippen LogP contribution in [0.4, 0.5) is 0 Å². The van der Waals surface area contributed by atoms with E-state index in [1.807, 2.05) is 0 Å². The number of carbonyl (C=O) groups excluding carboxylic acids is 1. The second kappa shape index (κ2) is 6.36. The molecular weight excluding hydrogens is 358 g/mol. The molecule has 1 aromatic rings. The number of halogens is 2. The van der Waals surface area contributed by atoms with Crippen LogP contribution in [0.3, 0.4) is 0 Å². The van der Waals surface area contributed by atoms with Gasteiger partial charge in [0.05, 0.1) is 10.6 Å². The maximum atomic E-state index is 12.4. The Kier molecular flexibility index (Phi) is 4.94. The van der Waals surface area contributed by atoms with Gasteiger partial charge in [-0.1, -0.05) is 24.6 Å². The van der Waals surface area contributed by atoms with Crippen molar-refractivity contribution in [2.75, 3.05) is 0 Å². The Hall–Kier alpha value is -1.07. The van der Waals surface area contributed by atoms with E-state index in [-0.39, 0.29) is 5.56 Å². The number of hydrogen-bond acceptors (Lipinski definition) is 2. The largest absolute Gasteiger partial charge is 0.480 e. The van der Waals surface area contributed by atoms with Crippen molar-refractivity contribution in [3.8, 4) is 0 Å². The molecule has 0 bridgehead atoms. The zero-order chi connectivity index (χ0) is 15.6. The van der Waals surface area contributed by atoms with E-state index in [2.05, 4.69) is 28.2 Å². The van der Waals surface area contributed by atoms with E-state index in [0.717, 1.165) is 12.8 Å². The van der Waals surface area contributed by atoms with E-state index in [0.29, 0.717) is 28.3 Å². The van der Waals surface area contributed by atoms with Gasteiger partial charge in [-0.3, -0.25) is 4.79 Å². The Labute approximate surface area is 137 Å². The smallest absolute Gasteiger partial charge is 0.329 e. The molecule has 114 valence electrons. The molecule has 1 aliphatic carbocycles. The minimum absolute atomic E-state index is 0.283. The number of benzene rings is 1. The Morgan fingerprint density at radius 1 is 1.38 bits per heavy atom. The molecule has 1 saturated carbocycles. The van der Waals surface area contributed by atoms with Gasteiger partial charge in [0.2, 0.25) is 0 Å². The minimum Gasteiger partial charge on any atom is -0.480 e. The van der Waals surface area contributed by atoms with Crippen molar-refractivity contribution in [3.63, 3.8) is 0 Å². The molecule has 0 saturated heterocycles. The molecule has 21 heavy (non-hydrogen) atoms. The van der Waals surface area contributed by atoms with E-state index in [9.17, 15) is 14.7 Å². The third kappa shape index (κ3) is 3.40. The highest BCUT2D eigenvalue weighted by molar-refractivity contribution is 9.10. The van der Waals surface area contributed by atoms with Crippen LogP contribution in [-0.4, -0.2) is 22.5 Å². The quantitative estimate of drug-likeness (QED) is 0.844. The van der Waals surface area contributed by atoms with Gasteiger partial charge in [-0.2, -0.15) is 0 Å². The molecule has 2 N–H and O–H groups in total. The predicted octanol–water partition coefficient (Wildman–Crippen LogP) is 3.87. The number of carboxylic acids is 1.